The van der Waals surface area contributed by atoms with E-state index in [0.717, 1.165) is 110 Å². The number of furan rings is 1. The molecule has 7 nitrogen and oxygen atoms in total. The van der Waals surface area contributed by atoms with Gasteiger partial charge in [0, 0.05) is 65.6 Å². The van der Waals surface area contributed by atoms with Gasteiger partial charge in [-0.1, -0.05) is 127 Å². The molecule has 0 aliphatic rings. The molecule has 0 N–H and O–H groups in total. The van der Waals surface area contributed by atoms with Crippen molar-refractivity contribution in [2.24, 2.45) is 0 Å². The second-order valence-corrected chi connectivity index (χ2v) is 16.4. The number of benzene rings is 9. The first kappa shape index (κ1) is 34.9. The standard InChI is InChI=1S/C57H34N6O/c1-3-16-36(17-4-1)61-47-26-11-9-22-40(47)46-34-35(30-33-50(46)61)55-58-56(45-25-15-24-42-38-20-7-12-27-48(38)62(52(42)45)37-18-5-2-6-19-37)60-57(59-55)63-49-28-13-8-21-39(49)43-31-32-44-41-23-10-14-29-51(41)64-54(44)53(43)63/h1-34H. The van der Waals surface area contributed by atoms with Crippen LogP contribution >= 0.6 is 0 Å². The van der Waals surface area contributed by atoms with Gasteiger partial charge >= 0.3 is 0 Å². The zero-order valence-electron chi connectivity index (χ0n) is 34.2. The van der Waals surface area contributed by atoms with Gasteiger partial charge in [-0.2, -0.15) is 9.97 Å². The van der Waals surface area contributed by atoms with Crippen molar-refractivity contribution in [2.45, 2.75) is 0 Å². The van der Waals surface area contributed by atoms with Crippen LogP contribution in [0.25, 0.3) is 127 Å². The normalized spacial score (nSPS) is 12.1. The lowest BCUT2D eigenvalue weighted by atomic mass is 10.1. The number of hydrogen-bond donors (Lipinski definition) is 0. The molecule has 0 saturated heterocycles. The number of nitrogens with zero attached hydrogens (tertiary/aromatic N) is 6. The minimum atomic E-state index is 0.505. The van der Waals surface area contributed by atoms with Crippen molar-refractivity contribution >= 4 is 87.4 Å². The molecule has 7 heteroatoms. The molecular weight excluding hydrogens is 785 g/mol. The highest BCUT2D eigenvalue weighted by molar-refractivity contribution is 6.21. The molecule has 0 amide bonds. The summed E-state index contributed by atoms with van der Waals surface area (Å²) in [6.45, 7) is 0. The molecular formula is C57H34N6O. The van der Waals surface area contributed by atoms with Crippen LogP contribution in [-0.2, 0) is 0 Å². The van der Waals surface area contributed by atoms with Crippen LogP contribution in [0.15, 0.2) is 211 Å². The van der Waals surface area contributed by atoms with Crippen LogP contribution in [0, 0.1) is 0 Å². The Morgan fingerprint density at radius 2 is 0.859 bits per heavy atom. The van der Waals surface area contributed by atoms with E-state index in [-0.39, 0.29) is 0 Å². The second kappa shape index (κ2) is 13.3. The van der Waals surface area contributed by atoms with Crippen LogP contribution in [-0.4, -0.2) is 28.7 Å². The van der Waals surface area contributed by atoms with Crippen molar-refractivity contribution in [1.29, 1.82) is 0 Å². The van der Waals surface area contributed by atoms with E-state index < -0.39 is 0 Å². The molecule has 5 heterocycles. The summed E-state index contributed by atoms with van der Waals surface area (Å²) in [6.07, 6.45) is 0. The maximum atomic E-state index is 6.77. The van der Waals surface area contributed by atoms with Gasteiger partial charge in [-0.3, -0.25) is 4.57 Å². The van der Waals surface area contributed by atoms with E-state index in [2.05, 4.69) is 208 Å². The molecule has 0 unspecified atom stereocenters. The fraction of sp³-hybridized carbons (Fsp3) is 0. The number of rotatable bonds is 5. The van der Waals surface area contributed by atoms with Gasteiger partial charge in [0.1, 0.15) is 11.1 Å². The summed E-state index contributed by atoms with van der Waals surface area (Å²) in [5, 5.41) is 8.81. The van der Waals surface area contributed by atoms with E-state index in [1.54, 1.807) is 0 Å². The van der Waals surface area contributed by atoms with Crippen molar-refractivity contribution in [3.8, 4) is 40.1 Å². The summed E-state index contributed by atoms with van der Waals surface area (Å²) in [4.78, 5) is 16.5. The Balaban J connectivity index is 1.11. The summed E-state index contributed by atoms with van der Waals surface area (Å²) in [7, 11) is 0. The summed E-state index contributed by atoms with van der Waals surface area (Å²) < 4.78 is 13.6. The highest BCUT2D eigenvalue weighted by Gasteiger charge is 2.24. The summed E-state index contributed by atoms with van der Waals surface area (Å²) in [5.41, 5.74) is 11.9. The maximum absolute atomic E-state index is 6.77. The fourth-order valence-corrected chi connectivity index (χ4v) is 10.2. The van der Waals surface area contributed by atoms with E-state index >= 15 is 0 Å². The van der Waals surface area contributed by atoms with E-state index in [0.29, 0.717) is 17.6 Å². The monoisotopic (exact) mass is 818 g/mol. The first-order valence-corrected chi connectivity index (χ1v) is 21.5. The maximum Gasteiger partial charge on any atom is 0.238 e. The topological polar surface area (TPSA) is 66.6 Å². The Morgan fingerprint density at radius 3 is 1.59 bits per heavy atom. The molecule has 9 aromatic carbocycles. The third-order valence-electron chi connectivity index (χ3n) is 12.9. The molecule has 0 saturated carbocycles. The Labute approximate surface area is 365 Å². The Morgan fingerprint density at radius 1 is 0.328 bits per heavy atom. The Hall–Kier alpha value is -8.81. The first-order chi connectivity index (χ1) is 31.8. The van der Waals surface area contributed by atoms with E-state index in [1.807, 2.05) is 12.1 Å². The lowest BCUT2D eigenvalue weighted by Gasteiger charge is -2.14. The molecule has 14 rings (SSSR count). The van der Waals surface area contributed by atoms with Crippen LogP contribution in [0.1, 0.15) is 0 Å². The van der Waals surface area contributed by atoms with Crippen molar-refractivity contribution in [2.75, 3.05) is 0 Å². The molecule has 0 spiro atoms. The zero-order valence-corrected chi connectivity index (χ0v) is 34.2. The third-order valence-corrected chi connectivity index (χ3v) is 12.9. The minimum absolute atomic E-state index is 0.505. The first-order valence-electron chi connectivity index (χ1n) is 21.5. The number of fused-ring (bicyclic) bond motifs is 13. The van der Waals surface area contributed by atoms with Crippen molar-refractivity contribution in [3.05, 3.63) is 206 Å². The molecule has 0 aliphatic carbocycles. The summed E-state index contributed by atoms with van der Waals surface area (Å²) >= 11 is 0. The van der Waals surface area contributed by atoms with E-state index in [1.165, 1.54) is 0 Å². The van der Waals surface area contributed by atoms with Gasteiger partial charge in [-0.05, 0) is 78.9 Å². The number of aromatic nitrogens is 6. The van der Waals surface area contributed by atoms with Crippen LogP contribution in [0.4, 0.5) is 0 Å². The predicted octanol–water partition coefficient (Wildman–Crippen LogP) is 14.4. The molecule has 0 radical (unpaired) electrons. The SMILES string of the molecule is c1ccc(-n2c3ccccc3c3cc(-c4nc(-c5cccc6c7ccccc7n(-c7ccccc7)c56)nc(-n5c6ccccc6c6ccc7c8ccccc8oc7c65)n4)ccc32)cc1. The number of para-hydroxylation sites is 7. The molecule has 0 aliphatic heterocycles. The van der Waals surface area contributed by atoms with Crippen LogP contribution in [0.5, 0.6) is 0 Å². The van der Waals surface area contributed by atoms with Crippen LogP contribution in [0.2, 0.25) is 0 Å². The average molecular weight is 819 g/mol. The van der Waals surface area contributed by atoms with Crippen LogP contribution in [0.3, 0.4) is 0 Å². The van der Waals surface area contributed by atoms with Gasteiger partial charge in [0.25, 0.3) is 0 Å². The summed E-state index contributed by atoms with van der Waals surface area (Å²) in [5.74, 6) is 1.64. The fourth-order valence-electron chi connectivity index (χ4n) is 10.2. The highest BCUT2D eigenvalue weighted by Crippen LogP contribution is 2.42. The van der Waals surface area contributed by atoms with Gasteiger partial charge in [0.2, 0.25) is 5.95 Å². The van der Waals surface area contributed by atoms with E-state index in [9.17, 15) is 0 Å². The predicted molar refractivity (Wildman–Crippen MR) is 261 cm³/mol. The molecule has 64 heavy (non-hydrogen) atoms. The van der Waals surface area contributed by atoms with Gasteiger partial charge in [0.05, 0.1) is 27.6 Å². The average Bonchev–Trinajstić information content (AvgIpc) is 4.11. The smallest absolute Gasteiger partial charge is 0.238 e. The second-order valence-electron chi connectivity index (χ2n) is 16.4. The molecule has 14 aromatic rings. The van der Waals surface area contributed by atoms with Crippen molar-refractivity contribution < 1.29 is 4.42 Å². The highest BCUT2D eigenvalue weighted by atomic mass is 16.3. The largest absolute Gasteiger partial charge is 0.454 e. The quantitative estimate of drug-likeness (QED) is 0.173. The molecule has 0 atom stereocenters. The molecule has 5 aromatic heterocycles. The van der Waals surface area contributed by atoms with Gasteiger partial charge in [0.15, 0.2) is 17.2 Å². The molecule has 0 fully saturated rings. The van der Waals surface area contributed by atoms with Gasteiger partial charge in [-0.25, -0.2) is 4.98 Å². The lowest BCUT2D eigenvalue weighted by Crippen LogP contribution is -2.07. The van der Waals surface area contributed by atoms with E-state index in [4.69, 9.17) is 19.4 Å². The summed E-state index contributed by atoms with van der Waals surface area (Å²) in [6, 6.07) is 72.4. The van der Waals surface area contributed by atoms with Crippen LogP contribution < -0.4 is 0 Å². The Bertz CT molecular complexity index is 4190. The van der Waals surface area contributed by atoms with Crippen molar-refractivity contribution in [1.82, 2.24) is 28.7 Å². The molecule has 0 bridgehead atoms. The molecule has 298 valence electrons. The van der Waals surface area contributed by atoms with Gasteiger partial charge in [-0.15, -0.1) is 0 Å². The van der Waals surface area contributed by atoms with Gasteiger partial charge < -0.3 is 13.6 Å². The Kier molecular flexibility index (Phi) is 7.27. The number of hydrogen-bond acceptors (Lipinski definition) is 4. The minimum Gasteiger partial charge on any atom is -0.454 e. The van der Waals surface area contributed by atoms with Crippen molar-refractivity contribution in [3.63, 3.8) is 0 Å². The zero-order chi connectivity index (χ0) is 41.9. The lowest BCUT2D eigenvalue weighted by molar-refractivity contribution is 0.670. The third kappa shape index (κ3) is 4.94.